The quantitative estimate of drug-likeness (QED) is 0.470. The molecule has 2 rings (SSSR count). The van der Waals surface area contributed by atoms with Crippen molar-refractivity contribution < 1.29 is 19.1 Å². The van der Waals surface area contributed by atoms with Gasteiger partial charge in [0.05, 0.1) is 24.8 Å². The number of methoxy groups -OCH3 is 1. The molecule has 0 saturated heterocycles. The van der Waals surface area contributed by atoms with E-state index in [-0.39, 0.29) is 17.3 Å². The summed E-state index contributed by atoms with van der Waals surface area (Å²) >= 11 is 9.62. The molecular formula is C19H18BrN3O4S2. The molecule has 29 heavy (non-hydrogen) atoms. The predicted octanol–water partition coefficient (Wildman–Crippen LogP) is 4.31. The highest BCUT2D eigenvalue weighted by atomic mass is 79.9. The zero-order valence-electron chi connectivity index (χ0n) is 16.1. The van der Waals surface area contributed by atoms with Crippen molar-refractivity contribution in [2.45, 2.75) is 20.8 Å². The van der Waals surface area contributed by atoms with Crippen molar-refractivity contribution in [2.24, 2.45) is 0 Å². The lowest BCUT2D eigenvalue weighted by molar-refractivity contribution is 0.0531. The van der Waals surface area contributed by atoms with E-state index in [0.717, 1.165) is 21.4 Å². The molecule has 152 valence electrons. The Morgan fingerprint density at radius 3 is 2.62 bits per heavy atom. The molecule has 2 N–H and O–H groups in total. The van der Waals surface area contributed by atoms with Crippen LogP contribution in [0.25, 0.3) is 0 Å². The monoisotopic (exact) mass is 495 g/mol. The third kappa shape index (κ3) is 5.12. The normalized spacial score (nSPS) is 10.1. The number of hydrogen-bond acceptors (Lipinski definition) is 7. The first kappa shape index (κ1) is 22.8. The van der Waals surface area contributed by atoms with Gasteiger partial charge in [0, 0.05) is 4.47 Å². The Balaban J connectivity index is 2.24. The van der Waals surface area contributed by atoms with Crippen molar-refractivity contribution in [2.75, 3.05) is 19.0 Å². The molecule has 0 aliphatic rings. The Labute approximate surface area is 186 Å². The van der Waals surface area contributed by atoms with Crippen LogP contribution in [0.1, 0.15) is 43.6 Å². The van der Waals surface area contributed by atoms with Crippen molar-refractivity contribution in [1.82, 2.24) is 5.32 Å². The van der Waals surface area contributed by atoms with Crippen LogP contribution in [0.5, 0.6) is 5.75 Å². The molecule has 0 aliphatic heterocycles. The number of benzene rings is 1. The van der Waals surface area contributed by atoms with Crippen LogP contribution in [0.4, 0.5) is 5.00 Å². The first-order valence-corrected chi connectivity index (χ1v) is 10.4. The van der Waals surface area contributed by atoms with Gasteiger partial charge >= 0.3 is 5.97 Å². The molecule has 0 atom stereocenters. The van der Waals surface area contributed by atoms with Crippen molar-refractivity contribution in [1.29, 1.82) is 5.26 Å². The Kier molecular flexibility index (Phi) is 7.73. The van der Waals surface area contributed by atoms with Crippen LogP contribution in [-0.4, -0.2) is 30.7 Å². The summed E-state index contributed by atoms with van der Waals surface area (Å²) in [4.78, 5) is 25.0. The zero-order valence-corrected chi connectivity index (χ0v) is 19.4. The Hall–Kier alpha value is -2.48. The smallest absolute Gasteiger partial charge is 0.348 e. The van der Waals surface area contributed by atoms with E-state index in [1.165, 1.54) is 7.11 Å². The number of rotatable bonds is 5. The third-order valence-corrected chi connectivity index (χ3v) is 5.71. The van der Waals surface area contributed by atoms with E-state index in [4.69, 9.17) is 21.7 Å². The van der Waals surface area contributed by atoms with Crippen LogP contribution in [0, 0.1) is 25.2 Å². The fraction of sp³-hybridized carbons (Fsp3) is 0.263. The molecule has 1 aromatic carbocycles. The molecular weight excluding hydrogens is 478 g/mol. The summed E-state index contributed by atoms with van der Waals surface area (Å²) < 4.78 is 11.1. The van der Waals surface area contributed by atoms with E-state index in [9.17, 15) is 14.9 Å². The number of amides is 1. The van der Waals surface area contributed by atoms with Gasteiger partial charge in [-0.15, -0.1) is 11.3 Å². The van der Waals surface area contributed by atoms with Crippen LogP contribution in [0.15, 0.2) is 16.6 Å². The van der Waals surface area contributed by atoms with Gasteiger partial charge in [-0.25, -0.2) is 4.79 Å². The maximum absolute atomic E-state index is 12.7. The predicted molar refractivity (Wildman–Crippen MR) is 119 cm³/mol. The minimum atomic E-state index is -0.510. The van der Waals surface area contributed by atoms with Gasteiger partial charge in [0.2, 0.25) is 0 Å². The molecule has 0 bridgehead atoms. The summed E-state index contributed by atoms with van der Waals surface area (Å²) in [5, 5.41) is 15.2. The average molecular weight is 496 g/mol. The number of carbonyl (C=O) groups excluding carboxylic acids is 2. The molecule has 0 unspecified atom stereocenters. The van der Waals surface area contributed by atoms with Crippen molar-refractivity contribution in [3.63, 3.8) is 0 Å². The first-order chi connectivity index (χ1) is 13.7. The van der Waals surface area contributed by atoms with Gasteiger partial charge in [0.15, 0.2) is 5.11 Å². The second-order valence-electron chi connectivity index (χ2n) is 5.80. The molecule has 10 heteroatoms. The first-order valence-electron chi connectivity index (χ1n) is 8.40. The summed E-state index contributed by atoms with van der Waals surface area (Å²) in [6.07, 6.45) is 0. The van der Waals surface area contributed by atoms with Gasteiger partial charge in [0.25, 0.3) is 5.91 Å². The highest BCUT2D eigenvalue weighted by Gasteiger charge is 2.22. The van der Waals surface area contributed by atoms with Gasteiger partial charge in [0.1, 0.15) is 21.7 Å². The Bertz CT molecular complexity index is 1030. The number of nitrogens with zero attached hydrogens (tertiary/aromatic N) is 1. The molecule has 1 aromatic heterocycles. The minimum Gasteiger partial charge on any atom is -0.496 e. The number of halogens is 1. The summed E-state index contributed by atoms with van der Waals surface area (Å²) in [5.41, 5.74) is 1.85. The average Bonchev–Trinajstić information content (AvgIpc) is 2.96. The van der Waals surface area contributed by atoms with Gasteiger partial charge in [-0.2, -0.15) is 5.26 Å². The number of ether oxygens (including phenoxy) is 2. The third-order valence-electron chi connectivity index (χ3n) is 3.86. The highest BCUT2D eigenvalue weighted by molar-refractivity contribution is 9.10. The molecule has 0 spiro atoms. The number of thiophene rings is 1. The number of carbonyl (C=O) groups is 2. The van der Waals surface area contributed by atoms with E-state index in [1.54, 1.807) is 19.9 Å². The fourth-order valence-electron chi connectivity index (χ4n) is 2.60. The lowest BCUT2D eigenvalue weighted by atomic mass is 10.1. The summed E-state index contributed by atoms with van der Waals surface area (Å²) in [6.45, 7) is 5.40. The van der Waals surface area contributed by atoms with E-state index in [0.29, 0.717) is 26.8 Å². The highest BCUT2D eigenvalue weighted by Crippen LogP contribution is 2.33. The van der Waals surface area contributed by atoms with E-state index < -0.39 is 11.9 Å². The topological polar surface area (TPSA) is 100 Å². The molecule has 1 heterocycles. The summed E-state index contributed by atoms with van der Waals surface area (Å²) in [6, 6.07) is 5.50. The van der Waals surface area contributed by atoms with Crippen molar-refractivity contribution in [3.05, 3.63) is 43.7 Å². The second-order valence-corrected chi connectivity index (χ2v) is 8.15. The standard InChI is InChI=1S/C19H18BrN3O4S2/c1-5-27-18(25)15-10(3)13(8-21)17(29-15)23-19(28)22-16(24)12-7-11(20)6-9(2)14(12)26-4/h6-7H,5H2,1-4H3,(H2,22,23,24,28). The van der Waals surface area contributed by atoms with Gasteiger partial charge in [-0.05, 0) is 56.2 Å². The van der Waals surface area contributed by atoms with Gasteiger partial charge in [-0.1, -0.05) is 15.9 Å². The fourth-order valence-corrected chi connectivity index (χ4v) is 4.49. The van der Waals surface area contributed by atoms with E-state index >= 15 is 0 Å². The number of nitriles is 1. The molecule has 0 fully saturated rings. The zero-order chi connectivity index (χ0) is 21.7. The minimum absolute atomic E-state index is 0.0113. The van der Waals surface area contributed by atoms with Crippen LogP contribution in [-0.2, 0) is 4.74 Å². The van der Waals surface area contributed by atoms with E-state index in [2.05, 4.69) is 26.6 Å². The van der Waals surface area contributed by atoms with Crippen LogP contribution in [0.2, 0.25) is 0 Å². The number of hydrogen-bond donors (Lipinski definition) is 2. The number of nitrogens with one attached hydrogen (secondary N) is 2. The van der Waals surface area contributed by atoms with Gasteiger partial charge < -0.3 is 14.8 Å². The molecule has 0 radical (unpaired) electrons. The van der Waals surface area contributed by atoms with Crippen LogP contribution in [0.3, 0.4) is 0 Å². The Morgan fingerprint density at radius 2 is 2.03 bits per heavy atom. The second kappa shape index (κ2) is 9.82. The Morgan fingerprint density at radius 1 is 1.34 bits per heavy atom. The summed E-state index contributed by atoms with van der Waals surface area (Å²) in [5.74, 6) is -0.548. The maximum atomic E-state index is 12.7. The van der Waals surface area contributed by atoms with E-state index in [1.807, 2.05) is 19.1 Å². The lowest BCUT2D eigenvalue weighted by Crippen LogP contribution is -2.34. The SMILES string of the molecule is CCOC(=O)c1sc(NC(=S)NC(=O)c2cc(Br)cc(C)c2OC)c(C#N)c1C. The molecule has 0 aliphatic carbocycles. The number of esters is 1. The van der Waals surface area contributed by atoms with Crippen LogP contribution < -0.4 is 15.4 Å². The van der Waals surface area contributed by atoms with Gasteiger partial charge in [-0.3, -0.25) is 10.1 Å². The maximum Gasteiger partial charge on any atom is 0.348 e. The number of thiocarbonyl (C=S) groups is 1. The molecule has 7 nitrogen and oxygen atoms in total. The number of anilines is 1. The van der Waals surface area contributed by atoms with Crippen LogP contribution >= 0.6 is 39.5 Å². The molecule has 1 amide bonds. The van der Waals surface area contributed by atoms with Crippen molar-refractivity contribution >= 4 is 61.5 Å². The molecule has 0 saturated carbocycles. The number of aryl methyl sites for hydroxylation is 1. The molecule has 2 aromatic rings. The summed E-state index contributed by atoms with van der Waals surface area (Å²) in [7, 11) is 1.48. The lowest BCUT2D eigenvalue weighted by Gasteiger charge is -2.13. The largest absolute Gasteiger partial charge is 0.496 e. The van der Waals surface area contributed by atoms with Crippen molar-refractivity contribution in [3.8, 4) is 11.8 Å².